The molecule has 10 aromatic rings. The number of hydrogen-bond donors (Lipinski definition) is 0. The molecule has 0 amide bonds. The van der Waals surface area contributed by atoms with Crippen LogP contribution in [0.3, 0.4) is 0 Å². The molecule has 10 heteroatoms. The van der Waals surface area contributed by atoms with E-state index in [1.165, 1.54) is 12.1 Å². The van der Waals surface area contributed by atoms with Crippen LogP contribution in [0.25, 0.3) is 108 Å². The number of nitrogens with zero attached hydrogens (tertiary/aromatic N) is 7. The Morgan fingerprint density at radius 2 is 1.00 bits per heavy atom. The van der Waals surface area contributed by atoms with Crippen molar-refractivity contribution in [3.05, 3.63) is 214 Å². The van der Waals surface area contributed by atoms with Crippen LogP contribution in [0, 0.1) is 44.5 Å². The van der Waals surface area contributed by atoms with Gasteiger partial charge in [0.15, 0.2) is 22.7 Å². The topological polar surface area (TPSA) is 51.1 Å². The first-order valence-corrected chi connectivity index (χ1v) is 20.2. The molecule has 0 saturated heterocycles. The average molecular weight is 844 g/mol. The molecule has 0 spiro atoms. The maximum absolute atomic E-state index is 15.0. The van der Waals surface area contributed by atoms with Gasteiger partial charge >= 0.3 is 6.18 Å². The van der Waals surface area contributed by atoms with E-state index in [-0.39, 0.29) is 16.8 Å². The fourth-order valence-electron chi connectivity index (χ4n) is 9.10. The van der Waals surface area contributed by atoms with E-state index in [0.29, 0.717) is 61.8 Å². The first kappa shape index (κ1) is 39.7. The van der Waals surface area contributed by atoms with E-state index < -0.39 is 11.7 Å². The first-order valence-electron chi connectivity index (χ1n) is 20.2. The number of alkyl halides is 3. The summed E-state index contributed by atoms with van der Waals surface area (Å²) in [6, 6.07) is 46.8. The van der Waals surface area contributed by atoms with Crippen LogP contribution in [0.1, 0.15) is 16.7 Å². The summed E-state index contributed by atoms with van der Waals surface area (Å²) < 4.78 is 49.1. The molecule has 304 valence electrons. The summed E-state index contributed by atoms with van der Waals surface area (Å²) in [5, 5.41) is 13.3. The highest BCUT2D eigenvalue weighted by Crippen LogP contribution is 2.48. The van der Waals surface area contributed by atoms with Crippen LogP contribution in [-0.2, 0) is 6.18 Å². The van der Waals surface area contributed by atoms with Gasteiger partial charge in [-0.15, -0.1) is 0 Å². The van der Waals surface area contributed by atoms with E-state index in [1.807, 2.05) is 94.1 Å². The lowest BCUT2D eigenvalue weighted by Gasteiger charge is -2.22. The number of halogens is 3. The number of aromatic nitrogens is 2. The number of nitriles is 1. The quantitative estimate of drug-likeness (QED) is 0.159. The molecule has 0 aliphatic rings. The molecule has 0 fully saturated rings. The normalized spacial score (nSPS) is 11.3. The second-order valence-corrected chi connectivity index (χ2v) is 15.6. The van der Waals surface area contributed by atoms with Gasteiger partial charge in [-0.3, -0.25) is 0 Å². The van der Waals surface area contributed by atoms with Crippen LogP contribution in [0.4, 0.5) is 35.9 Å². The minimum Gasteiger partial charge on any atom is -0.308 e. The highest BCUT2D eigenvalue weighted by molar-refractivity contribution is 6.13. The SMILES string of the molecule is [C-]#[N+]c1cc(C#N)cc(-c2ccc3c4ccccc4n(-c4cc(-c5c(C)cccc5C(F)(F)F)c([N+]#[C-])cc4-n4c5ccccc5c5ccc(-c6cc([N+]#[C-])cc([N+]#[C-])c6)cc54)c3c2)c1. The predicted molar refractivity (Wildman–Crippen MR) is 251 cm³/mol. The predicted octanol–water partition coefficient (Wildman–Crippen LogP) is 16.3. The van der Waals surface area contributed by atoms with Crippen LogP contribution in [-0.4, -0.2) is 9.13 Å². The van der Waals surface area contributed by atoms with Crippen molar-refractivity contribution in [2.24, 2.45) is 0 Å². The highest BCUT2D eigenvalue weighted by atomic mass is 19.4. The summed E-state index contributed by atoms with van der Waals surface area (Å²) >= 11 is 0. The lowest BCUT2D eigenvalue weighted by molar-refractivity contribution is -0.137. The standard InChI is InChI=1S/C55H28F3N7/c1-32-11-10-14-46(55(56,57)58)54(32)45-29-52(64-48-15-8-6-12-41(48)43-19-17-34(26-50(43)64)36-21-33(31-59)22-38(23-36)60-2)53(30-47(45)63-5)65-49-16-9-7-13-42(49)44-20-18-35(27-51(44)65)37-24-39(61-3)28-40(25-37)62-4/h6-30H,1H3. The van der Waals surface area contributed by atoms with Crippen molar-refractivity contribution in [3.63, 3.8) is 0 Å². The summed E-state index contributed by atoms with van der Waals surface area (Å²) in [5.74, 6) is 0. The average Bonchev–Trinajstić information content (AvgIpc) is 3.84. The molecule has 2 heterocycles. The van der Waals surface area contributed by atoms with Gasteiger partial charge < -0.3 is 9.13 Å². The summed E-state index contributed by atoms with van der Waals surface area (Å²) in [6.45, 7) is 33.3. The van der Waals surface area contributed by atoms with Gasteiger partial charge in [0.05, 0.1) is 71.4 Å². The number of benzene rings is 8. The number of aryl methyl sites for hydroxylation is 1. The van der Waals surface area contributed by atoms with Gasteiger partial charge in [0.2, 0.25) is 0 Å². The summed E-state index contributed by atoms with van der Waals surface area (Å²) in [4.78, 5) is 14.8. The third kappa shape index (κ3) is 6.49. The second kappa shape index (κ2) is 15.2. The summed E-state index contributed by atoms with van der Waals surface area (Å²) in [7, 11) is 0. The number of fused-ring (bicyclic) bond motifs is 6. The highest BCUT2D eigenvalue weighted by Gasteiger charge is 2.35. The molecular formula is C55H28F3N7. The zero-order chi connectivity index (χ0) is 45.1. The Morgan fingerprint density at radius 1 is 0.492 bits per heavy atom. The Labute approximate surface area is 370 Å². The van der Waals surface area contributed by atoms with Crippen molar-refractivity contribution in [1.82, 2.24) is 9.13 Å². The summed E-state index contributed by atoms with van der Waals surface area (Å²) in [5.41, 5.74) is 7.47. The van der Waals surface area contributed by atoms with Crippen molar-refractivity contribution >= 4 is 66.4 Å². The molecule has 0 bridgehead atoms. The molecule has 0 N–H and O–H groups in total. The Bertz CT molecular complexity index is 3840. The van der Waals surface area contributed by atoms with E-state index in [1.54, 1.807) is 55.5 Å². The van der Waals surface area contributed by atoms with Crippen molar-refractivity contribution in [2.45, 2.75) is 13.1 Å². The molecule has 2 aromatic heterocycles. The third-order valence-corrected chi connectivity index (χ3v) is 11.9. The largest absolute Gasteiger partial charge is 0.416 e. The fourth-order valence-corrected chi connectivity index (χ4v) is 9.10. The van der Waals surface area contributed by atoms with Gasteiger partial charge in [-0.25, -0.2) is 19.4 Å². The number of hydrogen-bond acceptors (Lipinski definition) is 1. The van der Waals surface area contributed by atoms with E-state index in [2.05, 4.69) is 25.4 Å². The van der Waals surface area contributed by atoms with Gasteiger partial charge in [0, 0.05) is 27.1 Å². The van der Waals surface area contributed by atoms with Crippen molar-refractivity contribution in [1.29, 1.82) is 5.26 Å². The molecule has 0 saturated carbocycles. The van der Waals surface area contributed by atoms with Crippen molar-refractivity contribution in [3.8, 4) is 50.8 Å². The molecule has 0 aliphatic carbocycles. The molecular weight excluding hydrogens is 816 g/mol. The maximum Gasteiger partial charge on any atom is 0.416 e. The molecule has 65 heavy (non-hydrogen) atoms. The Morgan fingerprint density at radius 3 is 1.52 bits per heavy atom. The lowest BCUT2D eigenvalue weighted by atomic mass is 9.92. The Kier molecular flexibility index (Phi) is 9.29. The van der Waals surface area contributed by atoms with Gasteiger partial charge in [0.25, 0.3) is 0 Å². The molecule has 8 aromatic carbocycles. The van der Waals surface area contributed by atoms with Gasteiger partial charge in [0.1, 0.15) is 0 Å². The summed E-state index contributed by atoms with van der Waals surface area (Å²) in [6.07, 6.45) is -4.73. The van der Waals surface area contributed by atoms with Crippen LogP contribution in [0.5, 0.6) is 0 Å². The number of rotatable bonds is 5. The number of para-hydroxylation sites is 2. The van der Waals surface area contributed by atoms with Crippen molar-refractivity contribution in [2.75, 3.05) is 0 Å². The van der Waals surface area contributed by atoms with Gasteiger partial charge in [-0.2, -0.15) is 18.4 Å². The molecule has 0 unspecified atom stereocenters. The monoisotopic (exact) mass is 843 g/mol. The third-order valence-electron chi connectivity index (χ3n) is 11.9. The zero-order valence-electron chi connectivity index (χ0n) is 34.2. The van der Waals surface area contributed by atoms with Crippen LogP contribution < -0.4 is 0 Å². The van der Waals surface area contributed by atoms with Crippen LogP contribution >= 0.6 is 0 Å². The molecule has 7 nitrogen and oxygen atoms in total. The lowest BCUT2D eigenvalue weighted by Crippen LogP contribution is -2.09. The Balaban J connectivity index is 1.38. The zero-order valence-corrected chi connectivity index (χ0v) is 34.2. The molecule has 0 radical (unpaired) electrons. The van der Waals surface area contributed by atoms with E-state index >= 15 is 13.2 Å². The Hall–Kier alpha value is -9.40. The smallest absolute Gasteiger partial charge is 0.308 e. The van der Waals surface area contributed by atoms with Crippen molar-refractivity contribution < 1.29 is 13.2 Å². The second-order valence-electron chi connectivity index (χ2n) is 15.6. The minimum absolute atomic E-state index is 0.0125. The molecule has 0 aliphatic heterocycles. The minimum atomic E-state index is -4.73. The van der Waals surface area contributed by atoms with E-state index in [4.69, 9.17) is 26.3 Å². The van der Waals surface area contributed by atoms with E-state index in [9.17, 15) is 5.26 Å². The maximum atomic E-state index is 15.0. The van der Waals surface area contributed by atoms with Gasteiger partial charge in [-0.1, -0.05) is 91.0 Å². The van der Waals surface area contributed by atoms with Crippen LogP contribution in [0.15, 0.2) is 152 Å². The van der Waals surface area contributed by atoms with Crippen LogP contribution in [0.2, 0.25) is 0 Å². The molecule has 0 atom stereocenters. The van der Waals surface area contributed by atoms with Gasteiger partial charge in [-0.05, 0) is 107 Å². The molecule has 10 rings (SSSR count). The van der Waals surface area contributed by atoms with E-state index in [0.717, 1.165) is 49.7 Å². The first-order chi connectivity index (χ1) is 31.5. The fraction of sp³-hybridized carbons (Fsp3) is 0.0364.